The first kappa shape index (κ1) is 10.9. The van der Waals surface area contributed by atoms with E-state index in [0.29, 0.717) is 16.6 Å². The molecule has 0 radical (unpaired) electrons. The summed E-state index contributed by atoms with van der Waals surface area (Å²) >= 11 is 11.9. The van der Waals surface area contributed by atoms with Gasteiger partial charge in [-0.25, -0.2) is 9.67 Å². The minimum Gasteiger partial charge on any atom is -0.247 e. The third-order valence-corrected chi connectivity index (χ3v) is 2.58. The van der Waals surface area contributed by atoms with Gasteiger partial charge >= 0.3 is 0 Å². The molecule has 0 amide bonds. The molecule has 0 N–H and O–H groups in total. The second-order valence-corrected chi connectivity index (χ2v) is 3.96. The van der Waals surface area contributed by atoms with E-state index in [2.05, 4.69) is 10.1 Å². The van der Waals surface area contributed by atoms with Crippen LogP contribution in [0, 0.1) is 11.3 Å². The van der Waals surface area contributed by atoms with Gasteiger partial charge in [-0.05, 0) is 23.8 Å². The summed E-state index contributed by atoms with van der Waals surface area (Å²) in [5, 5.41) is 13.7. The van der Waals surface area contributed by atoms with Crippen LogP contribution in [0.15, 0.2) is 24.5 Å². The lowest BCUT2D eigenvalue weighted by molar-refractivity contribution is 0.682. The first-order valence-corrected chi connectivity index (χ1v) is 5.18. The van der Waals surface area contributed by atoms with Crippen molar-refractivity contribution < 1.29 is 0 Å². The summed E-state index contributed by atoms with van der Waals surface area (Å²) in [6, 6.07) is 7.06. The van der Waals surface area contributed by atoms with Crippen LogP contribution in [0.2, 0.25) is 10.0 Å². The number of nitriles is 1. The van der Waals surface area contributed by atoms with Crippen LogP contribution in [0.1, 0.15) is 11.4 Å². The summed E-state index contributed by atoms with van der Waals surface area (Å²) in [5.41, 5.74) is 0.837. The molecule has 0 fully saturated rings. The number of hydrogen-bond donors (Lipinski definition) is 0. The molecule has 0 spiro atoms. The molecule has 16 heavy (non-hydrogen) atoms. The van der Waals surface area contributed by atoms with Gasteiger partial charge in [-0.2, -0.15) is 5.26 Å². The lowest BCUT2D eigenvalue weighted by atomic mass is 10.2. The van der Waals surface area contributed by atoms with E-state index in [1.54, 1.807) is 18.2 Å². The van der Waals surface area contributed by atoms with Crippen molar-refractivity contribution in [1.82, 2.24) is 14.8 Å². The van der Waals surface area contributed by atoms with Crippen LogP contribution in [0.5, 0.6) is 0 Å². The molecule has 6 heteroatoms. The lowest BCUT2D eigenvalue weighted by Gasteiger charge is -2.04. The standard InChI is InChI=1S/C10H6Cl2N4/c11-8-1-2-9(12)7(3-8)5-16-6-14-10(4-13)15-16/h1-3,6H,5H2. The van der Waals surface area contributed by atoms with Crippen LogP contribution in [0.3, 0.4) is 0 Å². The minimum absolute atomic E-state index is 0.137. The van der Waals surface area contributed by atoms with E-state index in [-0.39, 0.29) is 5.82 Å². The predicted octanol–water partition coefficient (Wildman–Crippen LogP) is 2.50. The number of benzene rings is 1. The average molecular weight is 253 g/mol. The molecule has 0 unspecified atom stereocenters. The Morgan fingerprint density at radius 1 is 1.38 bits per heavy atom. The van der Waals surface area contributed by atoms with E-state index >= 15 is 0 Å². The Labute approximate surface area is 102 Å². The number of rotatable bonds is 2. The number of nitrogens with zero attached hydrogens (tertiary/aromatic N) is 4. The van der Waals surface area contributed by atoms with Crippen molar-refractivity contribution in [2.75, 3.05) is 0 Å². The highest BCUT2D eigenvalue weighted by Crippen LogP contribution is 2.21. The van der Waals surface area contributed by atoms with Gasteiger partial charge in [-0.3, -0.25) is 0 Å². The van der Waals surface area contributed by atoms with Gasteiger partial charge in [0.15, 0.2) is 0 Å². The van der Waals surface area contributed by atoms with Crippen molar-refractivity contribution in [3.63, 3.8) is 0 Å². The molecule has 0 bridgehead atoms. The van der Waals surface area contributed by atoms with Gasteiger partial charge in [-0.15, -0.1) is 5.10 Å². The molecular weight excluding hydrogens is 247 g/mol. The third-order valence-electron chi connectivity index (χ3n) is 1.98. The Morgan fingerprint density at radius 2 is 2.19 bits per heavy atom. The lowest BCUT2D eigenvalue weighted by Crippen LogP contribution is -2.01. The summed E-state index contributed by atoms with van der Waals surface area (Å²) in [7, 11) is 0. The molecule has 0 aliphatic heterocycles. The van der Waals surface area contributed by atoms with E-state index in [4.69, 9.17) is 28.5 Å². The first-order chi connectivity index (χ1) is 7.69. The van der Waals surface area contributed by atoms with Crippen molar-refractivity contribution in [2.45, 2.75) is 6.54 Å². The van der Waals surface area contributed by atoms with Crippen molar-refractivity contribution in [1.29, 1.82) is 5.26 Å². The second-order valence-electron chi connectivity index (χ2n) is 3.11. The van der Waals surface area contributed by atoms with Crippen molar-refractivity contribution in [2.24, 2.45) is 0 Å². The zero-order valence-corrected chi connectivity index (χ0v) is 9.57. The molecule has 0 aliphatic carbocycles. The van der Waals surface area contributed by atoms with E-state index in [9.17, 15) is 0 Å². The van der Waals surface area contributed by atoms with E-state index in [1.165, 1.54) is 11.0 Å². The normalized spacial score (nSPS) is 10.1. The SMILES string of the molecule is N#Cc1ncn(Cc2cc(Cl)ccc2Cl)n1. The quantitative estimate of drug-likeness (QED) is 0.826. The fourth-order valence-electron chi connectivity index (χ4n) is 1.26. The Bertz CT molecular complexity index is 556. The number of hydrogen-bond acceptors (Lipinski definition) is 3. The average Bonchev–Trinajstić information content (AvgIpc) is 2.71. The van der Waals surface area contributed by atoms with E-state index < -0.39 is 0 Å². The number of aromatic nitrogens is 3. The maximum Gasteiger partial charge on any atom is 0.252 e. The molecule has 4 nitrogen and oxygen atoms in total. The van der Waals surface area contributed by atoms with Crippen LogP contribution in [-0.4, -0.2) is 14.8 Å². The largest absolute Gasteiger partial charge is 0.252 e. The Kier molecular flexibility index (Phi) is 3.09. The molecule has 1 aromatic carbocycles. The summed E-state index contributed by atoms with van der Waals surface area (Å²) in [6.07, 6.45) is 1.48. The molecule has 0 saturated heterocycles. The van der Waals surface area contributed by atoms with Gasteiger partial charge in [0.25, 0.3) is 5.82 Å². The summed E-state index contributed by atoms with van der Waals surface area (Å²) < 4.78 is 1.54. The molecule has 1 aromatic heterocycles. The van der Waals surface area contributed by atoms with Crippen LogP contribution in [0.25, 0.3) is 0 Å². The topological polar surface area (TPSA) is 54.5 Å². The van der Waals surface area contributed by atoms with Gasteiger partial charge in [0.1, 0.15) is 12.4 Å². The molecule has 0 atom stereocenters. The molecule has 2 aromatic rings. The highest BCUT2D eigenvalue weighted by Gasteiger charge is 2.04. The highest BCUT2D eigenvalue weighted by molar-refractivity contribution is 6.33. The zero-order valence-electron chi connectivity index (χ0n) is 8.06. The van der Waals surface area contributed by atoms with Gasteiger partial charge in [0.2, 0.25) is 0 Å². The van der Waals surface area contributed by atoms with Crippen LogP contribution in [0.4, 0.5) is 0 Å². The smallest absolute Gasteiger partial charge is 0.247 e. The molecular formula is C10H6Cl2N4. The Morgan fingerprint density at radius 3 is 2.88 bits per heavy atom. The molecule has 2 rings (SSSR count). The third kappa shape index (κ3) is 2.32. The Balaban J connectivity index is 2.27. The van der Waals surface area contributed by atoms with Gasteiger partial charge in [-0.1, -0.05) is 23.2 Å². The highest BCUT2D eigenvalue weighted by atomic mass is 35.5. The van der Waals surface area contributed by atoms with Crippen LogP contribution >= 0.6 is 23.2 Å². The monoisotopic (exact) mass is 252 g/mol. The van der Waals surface area contributed by atoms with Gasteiger partial charge in [0.05, 0.1) is 6.54 Å². The fourth-order valence-corrected chi connectivity index (χ4v) is 1.63. The second kappa shape index (κ2) is 4.52. The van der Waals surface area contributed by atoms with Gasteiger partial charge < -0.3 is 0 Å². The fraction of sp³-hybridized carbons (Fsp3) is 0.100. The molecule has 1 heterocycles. The predicted molar refractivity (Wildman–Crippen MR) is 60.3 cm³/mol. The van der Waals surface area contributed by atoms with Crippen molar-refractivity contribution >= 4 is 23.2 Å². The molecule has 0 aliphatic rings. The Hall–Kier alpha value is -1.57. The van der Waals surface area contributed by atoms with E-state index in [1.807, 2.05) is 6.07 Å². The summed E-state index contributed by atoms with van der Waals surface area (Å²) in [4.78, 5) is 3.80. The van der Waals surface area contributed by atoms with Crippen LogP contribution < -0.4 is 0 Å². The molecule has 80 valence electrons. The maximum absolute atomic E-state index is 8.58. The van der Waals surface area contributed by atoms with Gasteiger partial charge in [0, 0.05) is 10.0 Å². The summed E-state index contributed by atoms with van der Waals surface area (Å²) in [5.74, 6) is 0.137. The molecule has 0 saturated carbocycles. The van der Waals surface area contributed by atoms with Crippen molar-refractivity contribution in [3.8, 4) is 6.07 Å². The minimum atomic E-state index is 0.137. The summed E-state index contributed by atoms with van der Waals surface area (Å²) in [6.45, 7) is 0.439. The zero-order chi connectivity index (χ0) is 11.5. The maximum atomic E-state index is 8.58. The van der Waals surface area contributed by atoms with E-state index in [0.717, 1.165) is 5.56 Å². The number of halogens is 2. The first-order valence-electron chi connectivity index (χ1n) is 4.42. The van der Waals surface area contributed by atoms with Crippen LogP contribution in [-0.2, 0) is 6.54 Å². The van der Waals surface area contributed by atoms with Crippen molar-refractivity contribution in [3.05, 3.63) is 46.0 Å².